The van der Waals surface area contributed by atoms with Gasteiger partial charge >= 0.3 is 5.97 Å². The van der Waals surface area contributed by atoms with Crippen LogP contribution in [-0.4, -0.2) is 23.5 Å². The van der Waals surface area contributed by atoms with Crippen molar-refractivity contribution in [3.63, 3.8) is 0 Å². The Morgan fingerprint density at radius 2 is 1.81 bits per heavy atom. The van der Waals surface area contributed by atoms with Gasteiger partial charge in [0.25, 0.3) is 5.91 Å². The Bertz CT molecular complexity index is 924. The number of hydrogen-bond donors (Lipinski definition) is 1. The second kappa shape index (κ2) is 8.95. The highest BCUT2D eigenvalue weighted by atomic mass is 32.1. The van der Waals surface area contributed by atoms with Crippen LogP contribution in [-0.2, 0) is 11.3 Å². The molecule has 138 valence electrons. The van der Waals surface area contributed by atoms with Gasteiger partial charge in [-0.1, -0.05) is 36.4 Å². The SMILES string of the molecule is CCOC(=O)c1csc(NC(=O)c2ccccc2COc2ccccc2)n1. The summed E-state index contributed by atoms with van der Waals surface area (Å²) >= 11 is 1.17. The summed E-state index contributed by atoms with van der Waals surface area (Å²) < 4.78 is 10.6. The number of esters is 1. The van der Waals surface area contributed by atoms with Crippen LogP contribution in [0.25, 0.3) is 0 Å². The van der Waals surface area contributed by atoms with Crippen LogP contribution < -0.4 is 10.1 Å². The average molecular weight is 382 g/mol. The Kier molecular flexibility index (Phi) is 6.17. The summed E-state index contributed by atoms with van der Waals surface area (Å²) in [7, 11) is 0. The molecule has 1 aromatic heterocycles. The standard InChI is InChI=1S/C20H18N2O4S/c1-2-25-19(24)17-13-27-20(21-17)22-18(23)16-11-7-6-8-14(16)12-26-15-9-4-3-5-10-15/h3-11,13H,2,12H2,1H3,(H,21,22,23). The first-order valence-corrected chi connectivity index (χ1v) is 9.25. The summed E-state index contributed by atoms with van der Waals surface area (Å²) in [4.78, 5) is 28.4. The topological polar surface area (TPSA) is 77.5 Å². The molecule has 0 aliphatic heterocycles. The van der Waals surface area contributed by atoms with E-state index in [-0.39, 0.29) is 24.8 Å². The van der Waals surface area contributed by atoms with E-state index in [1.165, 1.54) is 11.3 Å². The Labute approximate surface area is 160 Å². The fraction of sp³-hybridized carbons (Fsp3) is 0.150. The van der Waals surface area contributed by atoms with E-state index in [9.17, 15) is 9.59 Å². The van der Waals surface area contributed by atoms with E-state index in [0.29, 0.717) is 10.7 Å². The van der Waals surface area contributed by atoms with Gasteiger partial charge in [-0.05, 0) is 25.1 Å². The molecular weight excluding hydrogens is 364 g/mol. The summed E-state index contributed by atoms with van der Waals surface area (Å²) in [6.07, 6.45) is 0. The number of benzene rings is 2. The van der Waals surface area contributed by atoms with Crippen LogP contribution in [0, 0.1) is 0 Å². The molecule has 27 heavy (non-hydrogen) atoms. The summed E-state index contributed by atoms with van der Waals surface area (Å²) in [5.74, 6) is -0.0929. The maximum absolute atomic E-state index is 12.6. The Morgan fingerprint density at radius 1 is 1.07 bits per heavy atom. The van der Waals surface area contributed by atoms with Crippen LogP contribution in [0.3, 0.4) is 0 Å². The highest BCUT2D eigenvalue weighted by Gasteiger charge is 2.16. The molecule has 1 N–H and O–H groups in total. The fourth-order valence-corrected chi connectivity index (χ4v) is 3.01. The van der Waals surface area contributed by atoms with E-state index in [2.05, 4.69) is 10.3 Å². The van der Waals surface area contributed by atoms with Crippen molar-refractivity contribution in [3.8, 4) is 5.75 Å². The number of para-hydroxylation sites is 1. The minimum absolute atomic E-state index is 0.179. The van der Waals surface area contributed by atoms with Crippen molar-refractivity contribution in [1.29, 1.82) is 0 Å². The highest BCUT2D eigenvalue weighted by Crippen LogP contribution is 2.19. The Balaban J connectivity index is 1.69. The van der Waals surface area contributed by atoms with Crippen molar-refractivity contribution < 1.29 is 19.1 Å². The molecular formula is C20H18N2O4S. The number of carbonyl (C=O) groups is 2. The molecule has 0 spiro atoms. The quantitative estimate of drug-likeness (QED) is 0.621. The molecule has 0 bridgehead atoms. The number of carbonyl (C=O) groups excluding carboxylic acids is 2. The summed E-state index contributed by atoms with van der Waals surface area (Å²) in [5.41, 5.74) is 1.42. The third-order valence-electron chi connectivity index (χ3n) is 3.61. The van der Waals surface area contributed by atoms with Crippen LogP contribution in [0.5, 0.6) is 5.75 Å². The molecule has 3 rings (SSSR count). The fourth-order valence-electron chi connectivity index (χ4n) is 2.34. The lowest BCUT2D eigenvalue weighted by atomic mass is 10.1. The van der Waals surface area contributed by atoms with E-state index in [0.717, 1.165) is 11.3 Å². The Morgan fingerprint density at radius 3 is 2.59 bits per heavy atom. The Hall–Kier alpha value is -3.19. The van der Waals surface area contributed by atoms with Crippen LogP contribution in [0.15, 0.2) is 60.0 Å². The molecule has 3 aromatic rings. The van der Waals surface area contributed by atoms with Gasteiger partial charge < -0.3 is 9.47 Å². The van der Waals surface area contributed by atoms with Gasteiger partial charge in [0, 0.05) is 16.5 Å². The van der Waals surface area contributed by atoms with Crippen molar-refractivity contribution in [2.75, 3.05) is 11.9 Å². The highest BCUT2D eigenvalue weighted by molar-refractivity contribution is 7.14. The van der Waals surface area contributed by atoms with Crippen LogP contribution in [0.4, 0.5) is 5.13 Å². The number of rotatable bonds is 7. The number of hydrogen-bond acceptors (Lipinski definition) is 6. The smallest absolute Gasteiger partial charge is 0.357 e. The van der Waals surface area contributed by atoms with Gasteiger partial charge in [-0.2, -0.15) is 0 Å². The van der Waals surface area contributed by atoms with Crippen molar-refractivity contribution in [3.05, 3.63) is 76.8 Å². The van der Waals surface area contributed by atoms with E-state index < -0.39 is 5.97 Å². The molecule has 7 heteroatoms. The molecule has 0 unspecified atom stereocenters. The van der Waals surface area contributed by atoms with Gasteiger partial charge in [-0.3, -0.25) is 10.1 Å². The second-order valence-corrected chi connectivity index (χ2v) is 6.33. The number of amides is 1. The van der Waals surface area contributed by atoms with Gasteiger partial charge in [-0.25, -0.2) is 9.78 Å². The lowest BCUT2D eigenvalue weighted by Crippen LogP contribution is -2.15. The van der Waals surface area contributed by atoms with Crippen molar-refractivity contribution in [1.82, 2.24) is 4.98 Å². The molecule has 1 amide bonds. The van der Waals surface area contributed by atoms with Crippen LogP contribution >= 0.6 is 11.3 Å². The predicted molar refractivity (Wildman–Crippen MR) is 103 cm³/mol. The van der Waals surface area contributed by atoms with E-state index in [1.54, 1.807) is 24.4 Å². The minimum atomic E-state index is -0.508. The minimum Gasteiger partial charge on any atom is -0.489 e. The molecule has 0 aliphatic carbocycles. The second-order valence-electron chi connectivity index (χ2n) is 5.47. The molecule has 0 radical (unpaired) electrons. The van der Waals surface area contributed by atoms with E-state index in [4.69, 9.17) is 9.47 Å². The number of nitrogens with one attached hydrogen (secondary N) is 1. The van der Waals surface area contributed by atoms with Crippen LogP contribution in [0.1, 0.15) is 33.3 Å². The lowest BCUT2D eigenvalue weighted by Gasteiger charge is -2.10. The van der Waals surface area contributed by atoms with Crippen molar-refractivity contribution in [2.24, 2.45) is 0 Å². The van der Waals surface area contributed by atoms with Gasteiger partial charge in [-0.15, -0.1) is 11.3 Å². The van der Waals surface area contributed by atoms with Crippen molar-refractivity contribution >= 4 is 28.3 Å². The third kappa shape index (κ3) is 4.92. The lowest BCUT2D eigenvalue weighted by molar-refractivity contribution is 0.0520. The summed E-state index contributed by atoms with van der Waals surface area (Å²) in [6, 6.07) is 16.6. The normalized spacial score (nSPS) is 10.3. The van der Waals surface area contributed by atoms with E-state index >= 15 is 0 Å². The van der Waals surface area contributed by atoms with E-state index in [1.807, 2.05) is 42.5 Å². The maximum Gasteiger partial charge on any atom is 0.357 e. The van der Waals surface area contributed by atoms with Gasteiger partial charge in [0.2, 0.25) is 0 Å². The zero-order valence-corrected chi connectivity index (χ0v) is 15.5. The first kappa shape index (κ1) is 18.6. The number of aromatic nitrogens is 1. The van der Waals surface area contributed by atoms with Crippen LogP contribution in [0.2, 0.25) is 0 Å². The van der Waals surface area contributed by atoms with Gasteiger partial charge in [0.15, 0.2) is 10.8 Å². The number of ether oxygens (including phenoxy) is 2. The molecule has 0 fully saturated rings. The largest absolute Gasteiger partial charge is 0.489 e. The van der Waals surface area contributed by atoms with Gasteiger partial charge in [0.1, 0.15) is 12.4 Å². The first-order valence-electron chi connectivity index (χ1n) is 8.37. The number of nitrogens with zero attached hydrogens (tertiary/aromatic N) is 1. The molecule has 0 aliphatic rings. The summed E-state index contributed by atoms with van der Waals surface area (Å²) in [6.45, 7) is 2.26. The molecule has 6 nitrogen and oxygen atoms in total. The number of thiazole rings is 1. The average Bonchev–Trinajstić information content (AvgIpc) is 3.16. The monoisotopic (exact) mass is 382 g/mol. The zero-order valence-electron chi connectivity index (χ0n) is 14.7. The molecule has 0 atom stereocenters. The number of anilines is 1. The molecule has 0 saturated heterocycles. The summed E-state index contributed by atoms with van der Waals surface area (Å²) in [5, 5.41) is 4.61. The van der Waals surface area contributed by atoms with Crippen molar-refractivity contribution in [2.45, 2.75) is 13.5 Å². The zero-order chi connectivity index (χ0) is 19.1. The first-order chi connectivity index (χ1) is 13.2. The maximum atomic E-state index is 12.6. The molecule has 1 heterocycles. The molecule has 0 saturated carbocycles. The van der Waals surface area contributed by atoms with Gasteiger partial charge in [0.05, 0.1) is 6.61 Å². The molecule has 2 aromatic carbocycles. The predicted octanol–water partition coefficient (Wildman–Crippen LogP) is 4.15. The third-order valence-corrected chi connectivity index (χ3v) is 4.37.